The molecule has 1 spiro atoms. The highest BCUT2D eigenvalue weighted by molar-refractivity contribution is 5.85. The first-order chi connectivity index (χ1) is 4.31. The number of rotatable bonds is 0. The summed E-state index contributed by atoms with van der Waals surface area (Å²) in [5, 5.41) is 3.62. The minimum Gasteiger partial charge on any atom is -0.311 e. The molecule has 0 bridgehead atoms. The van der Waals surface area contributed by atoms with Gasteiger partial charge in [-0.2, -0.15) is 0 Å². The maximum absolute atomic E-state index is 3.62. The normalized spacial score (nSPS) is 35.1. The molecule has 1 saturated heterocycles. The number of hydrogen-bond acceptors (Lipinski definition) is 1. The van der Waals surface area contributed by atoms with Gasteiger partial charge < -0.3 is 5.32 Å². The first-order valence-electron chi connectivity index (χ1n) is 4.06. The van der Waals surface area contributed by atoms with E-state index in [0.29, 0.717) is 5.54 Å². The number of halogens is 1. The van der Waals surface area contributed by atoms with Crippen LogP contribution in [0.25, 0.3) is 0 Å². The van der Waals surface area contributed by atoms with Gasteiger partial charge in [0, 0.05) is 5.54 Å². The van der Waals surface area contributed by atoms with E-state index < -0.39 is 0 Å². The van der Waals surface area contributed by atoms with Crippen LogP contribution in [0, 0.1) is 5.92 Å². The van der Waals surface area contributed by atoms with Crippen LogP contribution in [0.2, 0.25) is 0 Å². The van der Waals surface area contributed by atoms with Crippen molar-refractivity contribution in [2.45, 2.75) is 38.1 Å². The zero-order chi connectivity index (χ0) is 6.32. The average Bonchev–Trinajstić information content (AvgIpc) is 2.60. The minimum absolute atomic E-state index is 0. The second kappa shape index (κ2) is 2.71. The van der Waals surface area contributed by atoms with Crippen molar-refractivity contribution in [1.29, 1.82) is 0 Å². The minimum atomic E-state index is 0. The molecule has 2 heteroatoms. The van der Waals surface area contributed by atoms with Crippen LogP contribution >= 0.6 is 12.4 Å². The van der Waals surface area contributed by atoms with Crippen molar-refractivity contribution in [2.24, 2.45) is 5.92 Å². The fraction of sp³-hybridized carbons (Fsp3) is 1.00. The van der Waals surface area contributed by atoms with Crippen molar-refractivity contribution in [1.82, 2.24) is 5.32 Å². The van der Waals surface area contributed by atoms with E-state index >= 15 is 0 Å². The summed E-state index contributed by atoms with van der Waals surface area (Å²) in [5.41, 5.74) is 0.659. The lowest BCUT2D eigenvalue weighted by molar-refractivity contribution is 0.313. The zero-order valence-electron chi connectivity index (χ0n) is 6.52. The summed E-state index contributed by atoms with van der Waals surface area (Å²) in [6.07, 6.45) is 5.78. The molecule has 1 aliphatic carbocycles. The van der Waals surface area contributed by atoms with Gasteiger partial charge in [-0.15, -0.1) is 12.4 Å². The second-order valence-corrected chi connectivity index (χ2v) is 3.81. The van der Waals surface area contributed by atoms with Gasteiger partial charge in [0.1, 0.15) is 0 Å². The Bertz CT molecular complexity index is 110. The molecule has 2 rings (SSSR count). The van der Waals surface area contributed by atoms with E-state index in [4.69, 9.17) is 0 Å². The summed E-state index contributed by atoms with van der Waals surface area (Å²) in [4.78, 5) is 0. The number of piperidine rings is 1. The first-order valence-corrected chi connectivity index (χ1v) is 4.06. The van der Waals surface area contributed by atoms with E-state index in [1.165, 1.54) is 32.2 Å². The van der Waals surface area contributed by atoms with Gasteiger partial charge in [-0.25, -0.2) is 0 Å². The van der Waals surface area contributed by atoms with Gasteiger partial charge in [-0.1, -0.05) is 6.92 Å². The van der Waals surface area contributed by atoms with E-state index in [1.807, 2.05) is 0 Å². The Morgan fingerprint density at radius 2 is 2.00 bits per heavy atom. The number of hydrogen-bond donors (Lipinski definition) is 1. The van der Waals surface area contributed by atoms with Gasteiger partial charge in [0.05, 0.1) is 0 Å². The number of nitrogens with one attached hydrogen (secondary N) is 1. The molecule has 2 aliphatic rings. The summed E-state index contributed by atoms with van der Waals surface area (Å²) < 4.78 is 0. The molecule has 1 heterocycles. The Kier molecular flexibility index (Phi) is 2.26. The molecule has 0 radical (unpaired) electrons. The standard InChI is InChI=1S/C8H15N.ClH/c1-7-2-3-8(4-5-8)9-6-7;/h7,9H,2-6H2,1H3;1H. The van der Waals surface area contributed by atoms with Crippen LogP contribution in [0.4, 0.5) is 0 Å². The van der Waals surface area contributed by atoms with Gasteiger partial charge in [-0.05, 0) is 38.1 Å². The summed E-state index contributed by atoms with van der Waals surface area (Å²) in [7, 11) is 0. The topological polar surface area (TPSA) is 12.0 Å². The van der Waals surface area contributed by atoms with Crippen molar-refractivity contribution in [3.8, 4) is 0 Å². The Morgan fingerprint density at radius 3 is 2.40 bits per heavy atom. The molecule has 2 fully saturated rings. The third-order valence-corrected chi connectivity index (χ3v) is 2.79. The fourth-order valence-corrected chi connectivity index (χ4v) is 1.68. The van der Waals surface area contributed by atoms with Gasteiger partial charge in [-0.3, -0.25) is 0 Å². The summed E-state index contributed by atoms with van der Waals surface area (Å²) in [6, 6.07) is 0. The zero-order valence-corrected chi connectivity index (χ0v) is 7.34. The molecule has 1 aliphatic heterocycles. The molecule has 1 saturated carbocycles. The van der Waals surface area contributed by atoms with Crippen LogP contribution in [0.15, 0.2) is 0 Å². The van der Waals surface area contributed by atoms with Crippen LogP contribution in [0.3, 0.4) is 0 Å². The first kappa shape index (κ1) is 8.35. The maximum Gasteiger partial charge on any atom is 0.0183 e. The largest absolute Gasteiger partial charge is 0.311 e. The molecule has 0 aromatic heterocycles. The predicted octanol–water partition coefficient (Wildman–Crippen LogP) is 1.96. The molecule has 0 amide bonds. The second-order valence-electron chi connectivity index (χ2n) is 3.81. The van der Waals surface area contributed by atoms with Crippen LogP contribution in [0.1, 0.15) is 32.6 Å². The van der Waals surface area contributed by atoms with Gasteiger partial charge in [0.15, 0.2) is 0 Å². The molecule has 1 N–H and O–H groups in total. The van der Waals surface area contributed by atoms with Crippen LogP contribution < -0.4 is 5.32 Å². The fourth-order valence-electron chi connectivity index (χ4n) is 1.68. The third kappa shape index (κ3) is 1.46. The quantitative estimate of drug-likeness (QED) is 0.573. The van der Waals surface area contributed by atoms with Crippen molar-refractivity contribution < 1.29 is 0 Å². The molecule has 1 atom stereocenters. The van der Waals surface area contributed by atoms with E-state index in [-0.39, 0.29) is 12.4 Å². The SMILES string of the molecule is CC1CCC2(CC2)NC1.Cl. The molecule has 10 heavy (non-hydrogen) atoms. The third-order valence-electron chi connectivity index (χ3n) is 2.79. The Morgan fingerprint density at radius 1 is 1.30 bits per heavy atom. The smallest absolute Gasteiger partial charge is 0.0183 e. The maximum atomic E-state index is 3.62. The van der Waals surface area contributed by atoms with Crippen LogP contribution in [0.5, 0.6) is 0 Å². The highest BCUT2D eigenvalue weighted by atomic mass is 35.5. The lowest BCUT2D eigenvalue weighted by atomic mass is 9.95. The monoisotopic (exact) mass is 161 g/mol. The summed E-state index contributed by atoms with van der Waals surface area (Å²) >= 11 is 0. The highest BCUT2D eigenvalue weighted by Gasteiger charge is 2.43. The molecule has 0 aromatic rings. The molecular weight excluding hydrogens is 146 g/mol. The summed E-state index contributed by atoms with van der Waals surface area (Å²) in [5.74, 6) is 0.927. The van der Waals surface area contributed by atoms with Crippen LogP contribution in [-0.4, -0.2) is 12.1 Å². The summed E-state index contributed by atoms with van der Waals surface area (Å²) in [6.45, 7) is 3.60. The van der Waals surface area contributed by atoms with Crippen molar-refractivity contribution in [3.63, 3.8) is 0 Å². The average molecular weight is 162 g/mol. The van der Waals surface area contributed by atoms with E-state index in [1.54, 1.807) is 0 Å². The molecule has 0 aromatic carbocycles. The van der Waals surface area contributed by atoms with Gasteiger partial charge in [0.2, 0.25) is 0 Å². The van der Waals surface area contributed by atoms with Crippen molar-refractivity contribution >= 4 is 12.4 Å². The molecule has 1 nitrogen and oxygen atoms in total. The Labute approximate surface area is 69.0 Å². The van der Waals surface area contributed by atoms with Crippen molar-refractivity contribution in [3.05, 3.63) is 0 Å². The van der Waals surface area contributed by atoms with E-state index in [2.05, 4.69) is 12.2 Å². The highest BCUT2D eigenvalue weighted by Crippen LogP contribution is 2.42. The van der Waals surface area contributed by atoms with Gasteiger partial charge in [0.25, 0.3) is 0 Å². The van der Waals surface area contributed by atoms with Gasteiger partial charge >= 0.3 is 0 Å². The Hall–Kier alpha value is 0.250. The lowest BCUT2D eigenvalue weighted by Gasteiger charge is -2.27. The lowest BCUT2D eigenvalue weighted by Crippen LogP contribution is -2.39. The predicted molar refractivity (Wildman–Crippen MR) is 45.6 cm³/mol. The Balaban J connectivity index is 0.000000500. The molecular formula is C8H16ClN. The van der Waals surface area contributed by atoms with E-state index in [0.717, 1.165) is 5.92 Å². The molecule has 1 unspecified atom stereocenters. The van der Waals surface area contributed by atoms with Crippen LogP contribution in [-0.2, 0) is 0 Å². The van der Waals surface area contributed by atoms with Crippen molar-refractivity contribution in [2.75, 3.05) is 6.54 Å². The molecule has 60 valence electrons. The van der Waals surface area contributed by atoms with E-state index in [9.17, 15) is 0 Å².